The maximum absolute atomic E-state index is 11.5. The molecule has 12 heteroatoms. The van der Waals surface area contributed by atoms with E-state index in [1.807, 2.05) is 0 Å². The zero-order chi connectivity index (χ0) is 17.8. The average molecular weight is 350 g/mol. The Morgan fingerprint density at radius 3 is 2.57 bits per heavy atom. The zero-order valence-corrected chi connectivity index (χ0v) is 12.9. The van der Waals surface area contributed by atoms with E-state index in [0.29, 0.717) is 11.8 Å². The highest BCUT2D eigenvalue weighted by molar-refractivity contribution is 8.02. The van der Waals surface area contributed by atoms with Crippen LogP contribution in [0, 0.1) is 0 Å². The maximum atomic E-state index is 11.5. The van der Waals surface area contributed by atoms with Gasteiger partial charge in [0, 0.05) is 18.3 Å². The van der Waals surface area contributed by atoms with Gasteiger partial charge in [-0.15, -0.1) is 11.8 Å². The summed E-state index contributed by atoms with van der Waals surface area (Å²) in [4.78, 5) is 23.1. The molecular formula is C11H18N4O7S. The van der Waals surface area contributed by atoms with Crippen LogP contribution in [0.1, 0.15) is 13.3 Å². The van der Waals surface area contributed by atoms with Crippen LogP contribution in [0.25, 0.3) is 10.4 Å². The molecule has 1 heterocycles. The van der Waals surface area contributed by atoms with E-state index >= 15 is 0 Å². The maximum Gasteiger partial charge on any atom is 0.325 e. The van der Waals surface area contributed by atoms with Gasteiger partial charge in [0.2, 0.25) is 5.91 Å². The van der Waals surface area contributed by atoms with E-state index < -0.39 is 59.4 Å². The molecule has 6 N–H and O–H groups in total. The van der Waals surface area contributed by atoms with Crippen molar-refractivity contribution >= 4 is 23.6 Å². The number of aliphatic hydroxyl groups is 4. The summed E-state index contributed by atoms with van der Waals surface area (Å²) in [6, 6.07) is -1.10. The first-order valence-corrected chi connectivity index (χ1v) is 7.46. The van der Waals surface area contributed by atoms with Crippen molar-refractivity contribution in [2.24, 2.45) is 5.11 Å². The number of carbonyl (C=O) groups excluding carboxylic acids is 1. The SMILES string of the molecule is CC(=O)N[C@H]1[C@H]([C@H](O)[C@H](O)CO)S[C@](N=[N+]=[N-])(C(=O)O)C[C@@H]1O. The van der Waals surface area contributed by atoms with Crippen LogP contribution in [-0.2, 0) is 9.59 Å². The standard InChI is InChI=1S/C11H18N4O7S/c1-4(17)13-7-5(18)2-11(10(21)22,14-15-12)23-9(7)8(20)6(19)3-16/h5-9,16,18-20H,2-3H2,1H3,(H,13,17)(H,21,22)/t5-,6+,7+,8+,9+,11-/m0/s1. The molecule has 6 atom stereocenters. The smallest absolute Gasteiger partial charge is 0.325 e. The molecule has 0 radical (unpaired) electrons. The van der Waals surface area contributed by atoms with Crippen LogP contribution < -0.4 is 5.32 Å². The zero-order valence-electron chi connectivity index (χ0n) is 12.1. The molecule has 1 amide bonds. The van der Waals surface area contributed by atoms with Crippen molar-refractivity contribution in [2.45, 2.75) is 47.8 Å². The van der Waals surface area contributed by atoms with Gasteiger partial charge in [-0.1, -0.05) is 5.11 Å². The molecule has 130 valence electrons. The highest BCUT2D eigenvalue weighted by atomic mass is 32.2. The number of hydrogen-bond donors (Lipinski definition) is 6. The second kappa shape index (κ2) is 7.81. The second-order valence-electron chi connectivity index (χ2n) is 5.10. The largest absolute Gasteiger partial charge is 0.480 e. The predicted octanol–water partition coefficient (Wildman–Crippen LogP) is -1.84. The summed E-state index contributed by atoms with van der Waals surface area (Å²) >= 11 is 0.501. The first-order valence-electron chi connectivity index (χ1n) is 6.58. The Morgan fingerprint density at radius 1 is 1.52 bits per heavy atom. The molecule has 0 aliphatic carbocycles. The topological polar surface area (TPSA) is 196 Å². The fraction of sp³-hybridized carbons (Fsp3) is 0.818. The number of carboxylic acids is 1. The first kappa shape index (κ1) is 19.5. The van der Waals surface area contributed by atoms with Crippen LogP contribution in [0.5, 0.6) is 0 Å². The lowest BCUT2D eigenvalue weighted by Crippen LogP contribution is -2.62. The van der Waals surface area contributed by atoms with E-state index in [1.54, 1.807) is 0 Å². The van der Waals surface area contributed by atoms with Gasteiger partial charge in [0.1, 0.15) is 6.10 Å². The molecule has 23 heavy (non-hydrogen) atoms. The van der Waals surface area contributed by atoms with E-state index in [9.17, 15) is 30.0 Å². The lowest BCUT2D eigenvalue weighted by atomic mass is 9.94. The monoisotopic (exact) mass is 350 g/mol. The fourth-order valence-corrected chi connectivity index (χ4v) is 3.93. The Kier molecular flexibility index (Phi) is 6.62. The third kappa shape index (κ3) is 4.25. The van der Waals surface area contributed by atoms with Crippen molar-refractivity contribution in [3.63, 3.8) is 0 Å². The summed E-state index contributed by atoms with van der Waals surface area (Å²) < 4.78 is 0. The molecule has 1 fully saturated rings. The van der Waals surface area contributed by atoms with Crippen LogP contribution in [0.15, 0.2) is 5.11 Å². The van der Waals surface area contributed by atoms with Crippen LogP contribution in [0.2, 0.25) is 0 Å². The van der Waals surface area contributed by atoms with Crippen molar-refractivity contribution in [3.8, 4) is 0 Å². The van der Waals surface area contributed by atoms with E-state index in [0.717, 1.165) is 6.92 Å². The number of carbonyl (C=O) groups is 2. The van der Waals surface area contributed by atoms with E-state index in [2.05, 4.69) is 15.3 Å². The number of carboxylic acid groups (broad SMARTS) is 1. The molecule has 1 saturated heterocycles. The van der Waals surface area contributed by atoms with Crippen LogP contribution in [-0.4, -0.2) is 78.5 Å². The number of hydrogen-bond acceptors (Lipinski definition) is 8. The number of rotatable bonds is 6. The van der Waals surface area contributed by atoms with Crippen molar-refractivity contribution in [2.75, 3.05) is 6.61 Å². The Labute approximate surface area is 134 Å². The molecule has 0 spiro atoms. The predicted molar refractivity (Wildman–Crippen MR) is 78.2 cm³/mol. The van der Waals surface area contributed by atoms with Crippen LogP contribution in [0.3, 0.4) is 0 Å². The van der Waals surface area contributed by atoms with Gasteiger partial charge >= 0.3 is 5.97 Å². The molecule has 0 unspecified atom stereocenters. The normalized spacial score (nSPS) is 33.2. The van der Waals surface area contributed by atoms with Gasteiger partial charge in [-0.3, -0.25) is 9.59 Å². The van der Waals surface area contributed by atoms with Gasteiger partial charge in [0.15, 0.2) is 4.87 Å². The summed E-state index contributed by atoms with van der Waals surface area (Å²) in [5.41, 5.74) is 8.59. The summed E-state index contributed by atoms with van der Waals surface area (Å²) in [5, 5.41) is 52.5. The van der Waals surface area contributed by atoms with E-state index in [1.165, 1.54) is 0 Å². The van der Waals surface area contributed by atoms with Crippen LogP contribution >= 0.6 is 11.8 Å². The van der Waals surface area contributed by atoms with Crippen molar-refractivity contribution < 1.29 is 35.1 Å². The Hall–Kier alpha value is -1.56. The minimum atomic E-state index is -2.11. The number of thioether (sulfide) groups is 1. The number of azide groups is 1. The summed E-state index contributed by atoms with van der Waals surface area (Å²) in [6.07, 6.45) is -5.26. The molecule has 0 aromatic heterocycles. The Morgan fingerprint density at radius 2 is 2.13 bits per heavy atom. The number of nitrogens with zero attached hydrogens (tertiary/aromatic N) is 3. The third-order valence-corrected chi connectivity index (χ3v) is 5.07. The van der Waals surface area contributed by atoms with Crippen molar-refractivity contribution in [1.82, 2.24) is 5.32 Å². The van der Waals surface area contributed by atoms with E-state index in [4.69, 9.17) is 10.6 Å². The fourth-order valence-electron chi connectivity index (χ4n) is 2.32. The molecule has 0 saturated carbocycles. The van der Waals surface area contributed by atoms with Crippen molar-refractivity contribution in [1.29, 1.82) is 0 Å². The first-order chi connectivity index (χ1) is 10.7. The minimum absolute atomic E-state index is 0.500. The van der Waals surface area contributed by atoms with Gasteiger partial charge in [0.25, 0.3) is 0 Å². The van der Waals surface area contributed by atoms with E-state index in [-0.39, 0.29) is 0 Å². The van der Waals surface area contributed by atoms with Gasteiger partial charge in [-0.2, -0.15) is 0 Å². The third-order valence-electron chi connectivity index (χ3n) is 3.41. The molecule has 0 aromatic rings. The van der Waals surface area contributed by atoms with Gasteiger partial charge < -0.3 is 30.8 Å². The molecule has 11 nitrogen and oxygen atoms in total. The number of nitrogens with one attached hydrogen (secondary N) is 1. The molecular weight excluding hydrogens is 332 g/mol. The minimum Gasteiger partial charge on any atom is -0.480 e. The summed E-state index contributed by atoms with van der Waals surface area (Å²) in [6.45, 7) is 0.346. The highest BCUT2D eigenvalue weighted by Gasteiger charge is 2.54. The van der Waals surface area contributed by atoms with Crippen LogP contribution in [0.4, 0.5) is 0 Å². The molecule has 1 rings (SSSR count). The Bertz CT molecular complexity index is 511. The molecule has 0 bridgehead atoms. The second-order valence-corrected chi connectivity index (χ2v) is 6.56. The quantitative estimate of drug-likeness (QED) is 0.182. The highest BCUT2D eigenvalue weighted by Crippen LogP contribution is 2.44. The van der Waals surface area contributed by atoms with Gasteiger partial charge in [0.05, 0.1) is 30.1 Å². The average Bonchev–Trinajstić information content (AvgIpc) is 2.47. The molecule has 1 aliphatic rings. The number of amides is 1. The summed E-state index contributed by atoms with van der Waals surface area (Å²) in [7, 11) is 0. The number of aliphatic carboxylic acids is 1. The summed E-state index contributed by atoms with van der Waals surface area (Å²) in [5.74, 6) is -2.08. The van der Waals surface area contributed by atoms with Crippen molar-refractivity contribution in [3.05, 3.63) is 10.4 Å². The lowest BCUT2D eigenvalue weighted by Gasteiger charge is -2.44. The number of aliphatic hydroxyl groups excluding tert-OH is 4. The lowest BCUT2D eigenvalue weighted by molar-refractivity contribution is -0.141. The molecule has 1 aliphatic heterocycles. The van der Waals surface area contributed by atoms with Gasteiger partial charge in [-0.25, -0.2) is 0 Å². The van der Waals surface area contributed by atoms with Gasteiger partial charge in [-0.05, 0) is 5.53 Å². The molecule has 0 aromatic carbocycles. The Balaban J connectivity index is 3.25.